The summed E-state index contributed by atoms with van der Waals surface area (Å²) in [6.07, 6.45) is 1.20. The van der Waals surface area contributed by atoms with Crippen LogP contribution in [0.3, 0.4) is 0 Å². The van der Waals surface area contributed by atoms with E-state index in [9.17, 15) is 0 Å². The van der Waals surface area contributed by atoms with E-state index < -0.39 is 0 Å². The molecule has 0 bridgehead atoms. The smallest absolute Gasteiger partial charge is 0.161 e. The van der Waals surface area contributed by atoms with Gasteiger partial charge in [-0.25, -0.2) is 0 Å². The first-order valence-electron chi connectivity index (χ1n) is 7.15. The summed E-state index contributed by atoms with van der Waals surface area (Å²) in [7, 11) is 0. The van der Waals surface area contributed by atoms with E-state index >= 15 is 0 Å². The zero-order valence-electron chi connectivity index (χ0n) is 12.5. The van der Waals surface area contributed by atoms with Crippen LogP contribution in [-0.2, 0) is 0 Å². The van der Waals surface area contributed by atoms with Gasteiger partial charge >= 0.3 is 0 Å². The van der Waals surface area contributed by atoms with Crippen LogP contribution in [0.2, 0.25) is 0 Å². The fourth-order valence-electron chi connectivity index (χ4n) is 2.61. The van der Waals surface area contributed by atoms with Gasteiger partial charge in [-0.1, -0.05) is 19.1 Å². The van der Waals surface area contributed by atoms with Crippen molar-refractivity contribution in [2.45, 2.75) is 27.2 Å². The minimum atomic E-state index is 0.409. The molecule has 1 fully saturated rings. The van der Waals surface area contributed by atoms with Crippen molar-refractivity contribution in [3.8, 4) is 0 Å². The van der Waals surface area contributed by atoms with E-state index in [-0.39, 0.29) is 0 Å². The SMILES string of the molecule is CCCN1CCN(c2nnc(C)c(C)c2C(N)=S)CC1. The average molecular weight is 293 g/mol. The largest absolute Gasteiger partial charge is 0.389 e. The van der Waals surface area contributed by atoms with Gasteiger partial charge in [-0.2, -0.15) is 5.10 Å². The maximum atomic E-state index is 5.89. The van der Waals surface area contributed by atoms with Crippen LogP contribution in [0.15, 0.2) is 0 Å². The van der Waals surface area contributed by atoms with Crippen LogP contribution in [0.25, 0.3) is 0 Å². The summed E-state index contributed by atoms with van der Waals surface area (Å²) in [6.45, 7) is 11.3. The molecule has 0 unspecified atom stereocenters. The molecule has 0 aromatic carbocycles. The lowest BCUT2D eigenvalue weighted by molar-refractivity contribution is 0.257. The van der Waals surface area contributed by atoms with E-state index in [0.717, 1.165) is 55.4 Å². The maximum absolute atomic E-state index is 5.89. The lowest BCUT2D eigenvalue weighted by atomic mass is 10.1. The van der Waals surface area contributed by atoms with Gasteiger partial charge in [0.25, 0.3) is 0 Å². The fourth-order valence-corrected chi connectivity index (χ4v) is 2.86. The van der Waals surface area contributed by atoms with E-state index in [1.54, 1.807) is 0 Å². The summed E-state index contributed by atoms with van der Waals surface area (Å²) >= 11 is 5.20. The molecule has 1 aliphatic heterocycles. The average Bonchev–Trinajstić information content (AvgIpc) is 2.42. The Morgan fingerprint density at radius 2 is 1.85 bits per heavy atom. The Kier molecular flexibility index (Phi) is 4.88. The van der Waals surface area contributed by atoms with Crippen LogP contribution in [0, 0.1) is 13.8 Å². The molecule has 2 rings (SSSR count). The lowest BCUT2D eigenvalue weighted by Gasteiger charge is -2.36. The monoisotopic (exact) mass is 293 g/mol. The number of nitrogens with zero attached hydrogens (tertiary/aromatic N) is 4. The molecule has 1 aromatic heterocycles. The van der Waals surface area contributed by atoms with Gasteiger partial charge in [-0.05, 0) is 32.4 Å². The van der Waals surface area contributed by atoms with Crippen molar-refractivity contribution in [1.82, 2.24) is 15.1 Å². The summed E-state index contributed by atoms with van der Waals surface area (Å²) in [5.41, 5.74) is 8.71. The molecule has 1 aliphatic rings. The van der Waals surface area contributed by atoms with Crippen LogP contribution < -0.4 is 10.6 Å². The van der Waals surface area contributed by atoms with Gasteiger partial charge in [0.2, 0.25) is 0 Å². The Balaban J connectivity index is 2.22. The van der Waals surface area contributed by atoms with E-state index in [4.69, 9.17) is 18.0 Å². The highest BCUT2D eigenvalue weighted by Crippen LogP contribution is 2.23. The van der Waals surface area contributed by atoms with E-state index in [2.05, 4.69) is 26.9 Å². The van der Waals surface area contributed by atoms with Crippen LogP contribution >= 0.6 is 12.2 Å². The highest BCUT2D eigenvalue weighted by Gasteiger charge is 2.23. The number of piperazine rings is 1. The molecule has 5 nitrogen and oxygen atoms in total. The number of hydrogen-bond acceptors (Lipinski definition) is 5. The second-order valence-corrected chi connectivity index (χ2v) is 5.74. The van der Waals surface area contributed by atoms with Crippen LogP contribution in [0.5, 0.6) is 0 Å². The van der Waals surface area contributed by atoms with Crippen LogP contribution in [0.4, 0.5) is 5.82 Å². The van der Waals surface area contributed by atoms with Gasteiger partial charge in [-0.15, -0.1) is 5.10 Å². The minimum absolute atomic E-state index is 0.409. The van der Waals surface area contributed by atoms with Crippen LogP contribution in [-0.4, -0.2) is 52.8 Å². The van der Waals surface area contributed by atoms with Crippen molar-refractivity contribution >= 4 is 23.0 Å². The first kappa shape index (κ1) is 15.1. The summed E-state index contributed by atoms with van der Waals surface area (Å²) in [4.78, 5) is 5.14. The zero-order chi connectivity index (χ0) is 14.7. The Labute approximate surface area is 126 Å². The van der Waals surface area contributed by atoms with E-state index in [1.807, 2.05) is 13.8 Å². The molecule has 0 spiro atoms. The Morgan fingerprint density at radius 3 is 2.40 bits per heavy atom. The standard InChI is InChI=1S/C14H23N5S/c1-4-5-18-6-8-19(9-7-18)14-12(13(15)20)10(2)11(3)16-17-14/h4-9H2,1-3H3,(H2,15,20). The third-order valence-corrected chi connectivity index (χ3v) is 4.10. The Bertz CT molecular complexity index is 495. The molecule has 0 amide bonds. The summed E-state index contributed by atoms with van der Waals surface area (Å²) in [5, 5.41) is 8.58. The first-order valence-corrected chi connectivity index (χ1v) is 7.56. The topological polar surface area (TPSA) is 58.3 Å². The molecule has 6 heteroatoms. The number of rotatable bonds is 4. The number of aromatic nitrogens is 2. The summed E-state index contributed by atoms with van der Waals surface area (Å²) in [5.74, 6) is 0.844. The number of anilines is 1. The second-order valence-electron chi connectivity index (χ2n) is 5.30. The van der Waals surface area contributed by atoms with Crippen molar-refractivity contribution in [1.29, 1.82) is 0 Å². The van der Waals surface area contributed by atoms with Gasteiger partial charge in [0.1, 0.15) is 4.99 Å². The molecular formula is C14H23N5S. The molecule has 20 heavy (non-hydrogen) atoms. The van der Waals surface area contributed by atoms with Crippen molar-refractivity contribution in [2.75, 3.05) is 37.6 Å². The predicted octanol–water partition coefficient (Wildman–Crippen LogP) is 1.26. The molecule has 2 heterocycles. The molecule has 110 valence electrons. The molecule has 0 atom stereocenters. The molecule has 1 saturated heterocycles. The molecular weight excluding hydrogens is 270 g/mol. The molecule has 0 saturated carbocycles. The third-order valence-electron chi connectivity index (χ3n) is 3.89. The quantitative estimate of drug-likeness (QED) is 0.844. The van der Waals surface area contributed by atoms with Crippen molar-refractivity contribution in [3.63, 3.8) is 0 Å². The number of nitrogens with two attached hydrogens (primary N) is 1. The second kappa shape index (κ2) is 6.45. The highest BCUT2D eigenvalue weighted by molar-refractivity contribution is 7.80. The lowest BCUT2D eigenvalue weighted by Crippen LogP contribution is -2.47. The number of aryl methyl sites for hydroxylation is 1. The number of hydrogen-bond donors (Lipinski definition) is 1. The van der Waals surface area contributed by atoms with Crippen molar-refractivity contribution in [2.24, 2.45) is 5.73 Å². The van der Waals surface area contributed by atoms with Crippen molar-refractivity contribution in [3.05, 3.63) is 16.8 Å². The first-order chi connectivity index (χ1) is 9.54. The Morgan fingerprint density at radius 1 is 1.20 bits per heavy atom. The summed E-state index contributed by atoms with van der Waals surface area (Å²) in [6, 6.07) is 0. The van der Waals surface area contributed by atoms with Crippen molar-refractivity contribution < 1.29 is 0 Å². The van der Waals surface area contributed by atoms with Gasteiger partial charge in [-0.3, -0.25) is 4.90 Å². The third kappa shape index (κ3) is 3.07. The van der Waals surface area contributed by atoms with Gasteiger partial charge in [0.05, 0.1) is 11.3 Å². The van der Waals surface area contributed by atoms with Gasteiger partial charge < -0.3 is 10.6 Å². The van der Waals surface area contributed by atoms with E-state index in [0.29, 0.717) is 4.99 Å². The van der Waals surface area contributed by atoms with Gasteiger partial charge in [0, 0.05) is 26.2 Å². The van der Waals surface area contributed by atoms with Crippen LogP contribution in [0.1, 0.15) is 30.2 Å². The fraction of sp³-hybridized carbons (Fsp3) is 0.643. The summed E-state index contributed by atoms with van der Waals surface area (Å²) < 4.78 is 0. The van der Waals surface area contributed by atoms with Gasteiger partial charge in [0.15, 0.2) is 5.82 Å². The molecule has 0 aliphatic carbocycles. The molecule has 2 N–H and O–H groups in total. The number of thiocarbonyl (C=S) groups is 1. The minimum Gasteiger partial charge on any atom is -0.389 e. The highest BCUT2D eigenvalue weighted by atomic mass is 32.1. The maximum Gasteiger partial charge on any atom is 0.161 e. The van der Waals surface area contributed by atoms with E-state index in [1.165, 1.54) is 6.42 Å². The molecule has 1 aromatic rings. The zero-order valence-corrected chi connectivity index (χ0v) is 13.3. The predicted molar refractivity (Wildman–Crippen MR) is 86.3 cm³/mol. The molecule has 0 radical (unpaired) electrons. The normalized spacial score (nSPS) is 16.4. The Hall–Kier alpha value is -1.27.